The predicted molar refractivity (Wildman–Crippen MR) is 113 cm³/mol. The van der Waals surface area contributed by atoms with Gasteiger partial charge in [0.2, 0.25) is 5.91 Å². The molecule has 0 fully saturated rings. The first-order valence-electron chi connectivity index (χ1n) is 9.42. The molecule has 31 heavy (non-hydrogen) atoms. The number of rotatable bonds is 6. The number of carbonyl (C=O) groups excluding carboxylic acids is 2. The van der Waals surface area contributed by atoms with Crippen molar-refractivity contribution >= 4 is 28.9 Å². The summed E-state index contributed by atoms with van der Waals surface area (Å²) in [6, 6.07) is 9.44. The molecule has 1 amide bonds. The first kappa shape index (κ1) is 20.8. The van der Waals surface area contributed by atoms with Gasteiger partial charge in [-0.15, -0.1) is 11.3 Å². The van der Waals surface area contributed by atoms with Crippen LogP contribution in [0.3, 0.4) is 0 Å². The van der Waals surface area contributed by atoms with Crippen LogP contribution >= 0.6 is 11.3 Å². The Bertz CT molecular complexity index is 1150. The van der Waals surface area contributed by atoms with Crippen LogP contribution in [0.4, 0.5) is 10.1 Å². The number of halogens is 1. The molecule has 7 nitrogen and oxygen atoms in total. The van der Waals surface area contributed by atoms with Gasteiger partial charge >= 0.3 is 5.97 Å². The summed E-state index contributed by atoms with van der Waals surface area (Å²) in [4.78, 5) is 29.1. The van der Waals surface area contributed by atoms with E-state index >= 15 is 0 Å². The van der Waals surface area contributed by atoms with Crippen molar-refractivity contribution in [2.75, 3.05) is 19.5 Å². The van der Waals surface area contributed by atoms with Crippen molar-refractivity contribution in [2.24, 2.45) is 0 Å². The summed E-state index contributed by atoms with van der Waals surface area (Å²) in [6.07, 6.45) is -0.0548. The molecule has 0 aliphatic carbocycles. The van der Waals surface area contributed by atoms with Crippen LogP contribution in [0.2, 0.25) is 0 Å². The van der Waals surface area contributed by atoms with Crippen LogP contribution < -0.4 is 14.8 Å². The molecule has 0 spiro atoms. The Labute approximate surface area is 181 Å². The number of amides is 1. The highest BCUT2D eigenvalue weighted by Gasteiger charge is 2.32. The van der Waals surface area contributed by atoms with E-state index in [1.165, 1.54) is 29.5 Å². The molecule has 0 saturated heterocycles. The third-order valence-electron chi connectivity index (χ3n) is 4.89. The second-order valence-electron chi connectivity index (χ2n) is 6.83. The second-order valence-corrected chi connectivity index (χ2v) is 7.69. The molecule has 0 radical (unpaired) electrons. The highest BCUT2D eigenvalue weighted by atomic mass is 32.1. The van der Waals surface area contributed by atoms with Gasteiger partial charge in [-0.3, -0.25) is 9.59 Å². The molecule has 2 heterocycles. The Kier molecular flexibility index (Phi) is 5.85. The van der Waals surface area contributed by atoms with Crippen molar-refractivity contribution in [3.63, 3.8) is 0 Å². The van der Waals surface area contributed by atoms with Crippen LogP contribution in [0, 0.1) is 5.82 Å². The van der Waals surface area contributed by atoms with Gasteiger partial charge < -0.3 is 19.5 Å². The van der Waals surface area contributed by atoms with Gasteiger partial charge in [-0.25, -0.2) is 9.37 Å². The molecule has 160 valence electrons. The van der Waals surface area contributed by atoms with Gasteiger partial charge in [-0.05, 0) is 29.8 Å². The minimum atomic E-state index is -0.791. The van der Waals surface area contributed by atoms with Gasteiger partial charge in [0.15, 0.2) is 11.5 Å². The van der Waals surface area contributed by atoms with Crippen LogP contribution in [0.15, 0.2) is 41.8 Å². The summed E-state index contributed by atoms with van der Waals surface area (Å²) >= 11 is 1.39. The Morgan fingerprint density at radius 3 is 2.87 bits per heavy atom. The number of thiazole rings is 1. The van der Waals surface area contributed by atoms with E-state index in [-0.39, 0.29) is 18.9 Å². The number of fused-ring (bicyclic) bond motifs is 1. The molecule has 2 aromatic carbocycles. The molecule has 1 aliphatic rings. The van der Waals surface area contributed by atoms with Crippen LogP contribution in [0.1, 0.15) is 23.6 Å². The van der Waals surface area contributed by atoms with Gasteiger partial charge in [0.25, 0.3) is 0 Å². The molecular weight excluding hydrogens is 423 g/mol. The quantitative estimate of drug-likeness (QED) is 0.578. The maximum absolute atomic E-state index is 13.5. The standard InChI is InChI=1S/C22H19FN2O5S/c1-28-18-5-3-4-15(20(18)29-2)21-24-13(11-31-21)10-30-22(27)16-9-19(26)25-17-8-12(23)6-7-14(16)17/h3-8,11,16H,9-10H2,1-2H3,(H,25,26)/t16-/m0/s1. The van der Waals surface area contributed by atoms with Crippen LogP contribution in [-0.2, 0) is 20.9 Å². The lowest BCUT2D eigenvalue weighted by molar-refractivity contribution is -0.148. The number of ether oxygens (including phenoxy) is 3. The molecular formula is C22H19FN2O5S. The van der Waals surface area contributed by atoms with E-state index in [4.69, 9.17) is 14.2 Å². The molecule has 1 aliphatic heterocycles. The van der Waals surface area contributed by atoms with Gasteiger partial charge in [-0.2, -0.15) is 0 Å². The number of carbonyl (C=O) groups is 2. The van der Waals surface area contributed by atoms with Crippen molar-refractivity contribution in [3.05, 3.63) is 58.9 Å². The monoisotopic (exact) mass is 442 g/mol. The summed E-state index contributed by atoms with van der Waals surface area (Å²) in [5.74, 6) is -1.04. The third-order valence-corrected chi connectivity index (χ3v) is 5.81. The number of nitrogens with zero attached hydrogens (tertiary/aromatic N) is 1. The zero-order chi connectivity index (χ0) is 22.0. The topological polar surface area (TPSA) is 86.8 Å². The number of nitrogens with one attached hydrogen (secondary N) is 1. The molecule has 1 N–H and O–H groups in total. The predicted octanol–water partition coefficient (Wildman–Crippen LogP) is 4.14. The molecule has 0 saturated carbocycles. The number of hydrogen-bond acceptors (Lipinski definition) is 7. The van der Waals surface area contributed by atoms with E-state index in [9.17, 15) is 14.0 Å². The molecule has 0 bridgehead atoms. The molecule has 1 atom stereocenters. The summed E-state index contributed by atoms with van der Waals surface area (Å²) < 4.78 is 29.7. The maximum atomic E-state index is 13.5. The fourth-order valence-electron chi connectivity index (χ4n) is 3.45. The van der Waals surface area contributed by atoms with Crippen molar-refractivity contribution in [1.82, 2.24) is 4.98 Å². The van der Waals surface area contributed by atoms with Crippen LogP contribution in [-0.4, -0.2) is 31.1 Å². The molecule has 3 aromatic rings. The maximum Gasteiger partial charge on any atom is 0.314 e. The summed E-state index contributed by atoms with van der Waals surface area (Å²) in [5.41, 5.74) is 2.16. The first-order valence-corrected chi connectivity index (χ1v) is 10.3. The van der Waals surface area contributed by atoms with E-state index in [0.717, 1.165) is 5.56 Å². The average molecular weight is 442 g/mol. The van der Waals surface area contributed by atoms with Crippen LogP contribution in [0.5, 0.6) is 11.5 Å². The number of hydrogen-bond donors (Lipinski definition) is 1. The Morgan fingerprint density at radius 1 is 1.26 bits per heavy atom. The molecule has 4 rings (SSSR count). The SMILES string of the molecule is COc1cccc(-c2nc(COC(=O)[C@H]3CC(=O)Nc4cc(F)ccc43)cs2)c1OC. The van der Waals surface area contributed by atoms with Crippen molar-refractivity contribution in [1.29, 1.82) is 0 Å². The largest absolute Gasteiger partial charge is 0.493 e. The smallest absolute Gasteiger partial charge is 0.314 e. The highest BCUT2D eigenvalue weighted by Crippen LogP contribution is 2.39. The Balaban J connectivity index is 1.49. The second kappa shape index (κ2) is 8.73. The lowest BCUT2D eigenvalue weighted by Crippen LogP contribution is -2.28. The lowest BCUT2D eigenvalue weighted by Gasteiger charge is -2.24. The van der Waals surface area contributed by atoms with E-state index in [1.807, 2.05) is 12.1 Å². The minimum absolute atomic E-state index is 0.0454. The zero-order valence-electron chi connectivity index (χ0n) is 16.8. The van der Waals surface area contributed by atoms with E-state index in [0.29, 0.717) is 33.5 Å². The summed E-state index contributed by atoms with van der Waals surface area (Å²) in [7, 11) is 3.12. The molecule has 9 heteroatoms. The Hall–Kier alpha value is -3.46. The number of anilines is 1. The number of benzene rings is 2. The van der Waals surface area contributed by atoms with Gasteiger partial charge in [0, 0.05) is 17.5 Å². The van der Waals surface area contributed by atoms with Crippen LogP contribution in [0.25, 0.3) is 10.6 Å². The number of methoxy groups -OCH3 is 2. The molecule has 0 unspecified atom stereocenters. The Morgan fingerprint density at radius 2 is 2.10 bits per heavy atom. The summed E-state index contributed by atoms with van der Waals surface area (Å²) in [5, 5.41) is 5.07. The minimum Gasteiger partial charge on any atom is -0.493 e. The average Bonchev–Trinajstić information content (AvgIpc) is 3.24. The van der Waals surface area contributed by atoms with Gasteiger partial charge in [-0.1, -0.05) is 12.1 Å². The molecule has 1 aromatic heterocycles. The van der Waals surface area contributed by atoms with E-state index in [1.54, 1.807) is 25.7 Å². The highest BCUT2D eigenvalue weighted by molar-refractivity contribution is 7.13. The fourth-order valence-corrected chi connectivity index (χ4v) is 4.27. The van der Waals surface area contributed by atoms with E-state index < -0.39 is 17.7 Å². The zero-order valence-corrected chi connectivity index (χ0v) is 17.6. The van der Waals surface area contributed by atoms with E-state index in [2.05, 4.69) is 10.3 Å². The normalized spacial score (nSPS) is 15.1. The first-order chi connectivity index (χ1) is 15.0. The van der Waals surface area contributed by atoms with Crippen molar-refractivity contribution in [3.8, 4) is 22.1 Å². The van der Waals surface area contributed by atoms with Crippen molar-refractivity contribution < 1.29 is 28.2 Å². The van der Waals surface area contributed by atoms with Gasteiger partial charge in [0.1, 0.15) is 17.4 Å². The summed E-state index contributed by atoms with van der Waals surface area (Å²) in [6.45, 7) is -0.0454. The number of aromatic nitrogens is 1. The number of para-hydroxylation sites is 1. The van der Waals surface area contributed by atoms with Crippen molar-refractivity contribution in [2.45, 2.75) is 18.9 Å². The third kappa shape index (κ3) is 4.22. The number of esters is 1. The van der Waals surface area contributed by atoms with Gasteiger partial charge in [0.05, 0.1) is 31.4 Å². The lowest BCUT2D eigenvalue weighted by atomic mass is 9.90. The fraction of sp³-hybridized carbons (Fsp3) is 0.227.